The molecule has 0 rings (SSSR count). The largest absolute Gasteiger partial charge is 0.359 e. The second kappa shape index (κ2) is 11.2. The zero-order chi connectivity index (χ0) is 18.8. The van der Waals surface area contributed by atoms with Crippen LogP contribution in [0.4, 0.5) is 0 Å². The lowest BCUT2D eigenvalue weighted by molar-refractivity contribution is -0.121. The van der Waals surface area contributed by atoms with Gasteiger partial charge in [-0.2, -0.15) is 0 Å². The van der Waals surface area contributed by atoms with Crippen molar-refractivity contribution in [3.63, 3.8) is 0 Å². The lowest BCUT2D eigenvalue weighted by Gasteiger charge is -2.19. The van der Waals surface area contributed by atoms with Crippen LogP contribution in [0.15, 0.2) is 0 Å². The Bertz CT molecular complexity index is 448. The van der Waals surface area contributed by atoms with Gasteiger partial charge in [0.05, 0.1) is 7.14 Å². The Hall–Kier alpha value is -1.36. The molecule has 0 aromatic heterocycles. The maximum Gasteiger partial charge on any atom is 0.220 e. The van der Waals surface area contributed by atoms with Crippen LogP contribution in [0.3, 0.4) is 0 Å². The summed E-state index contributed by atoms with van der Waals surface area (Å²) in [4.78, 5) is 35.0. The molecule has 0 radical (unpaired) electrons. The molecule has 0 unspecified atom stereocenters. The summed E-state index contributed by atoms with van der Waals surface area (Å²) in [5.74, 6) is -0.498. The number of nitrogens with one attached hydrogen (secondary N) is 3. The van der Waals surface area contributed by atoms with Gasteiger partial charge < -0.3 is 20.5 Å². The van der Waals surface area contributed by atoms with Crippen molar-refractivity contribution < 1.29 is 18.9 Å². The van der Waals surface area contributed by atoms with Gasteiger partial charge in [-0.25, -0.2) is 0 Å². The topological polar surface area (TPSA) is 104 Å². The molecule has 24 heavy (non-hydrogen) atoms. The molecule has 8 heteroatoms. The number of hydrogen-bond donors (Lipinski definition) is 3. The Morgan fingerprint density at radius 2 is 1.08 bits per heavy atom. The third-order valence-corrected chi connectivity index (χ3v) is 6.53. The number of hydrogen-bond acceptors (Lipinski definition) is 4. The van der Waals surface area contributed by atoms with Crippen molar-refractivity contribution in [1.29, 1.82) is 0 Å². The molecule has 0 spiro atoms. The molecule has 0 fully saturated rings. The molecule has 0 atom stereocenters. The molecule has 0 aromatic rings. The van der Waals surface area contributed by atoms with E-state index in [0.29, 0.717) is 0 Å². The van der Waals surface area contributed by atoms with Crippen LogP contribution in [0.25, 0.3) is 0 Å². The van der Waals surface area contributed by atoms with Crippen molar-refractivity contribution in [2.24, 2.45) is 0 Å². The molecule has 0 aliphatic rings. The van der Waals surface area contributed by atoms with E-state index in [1.807, 2.05) is 27.7 Å². The van der Waals surface area contributed by atoms with Crippen molar-refractivity contribution in [2.75, 3.05) is 25.5 Å². The van der Waals surface area contributed by atoms with Crippen molar-refractivity contribution in [3.8, 4) is 0 Å². The second-order valence-electron chi connectivity index (χ2n) is 6.60. The Balaban J connectivity index is 4.69. The predicted octanol–water partition coefficient (Wildman–Crippen LogP) is 1.32. The monoisotopic (exact) mass is 361 g/mol. The molecule has 3 amide bonds. The molecule has 0 aliphatic carbocycles. The lowest BCUT2D eigenvalue weighted by Crippen LogP contribution is -2.31. The summed E-state index contributed by atoms with van der Waals surface area (Å²) in [6.45, 7) is 7.44. The number of rotatable bonds is 11. The minimum atomic E-state index is -2.76. The average Bonchev–Trinajstić information content (AvgIpc) is 2.47. The van der Waals surface area contributed by atoms with Gasteiger partial charge in [-0.3, -0.25) is 14.4 Å². The first-order valence-electron chi connectivity index (χ1n) is 8.44. The molecule has 0 bridgehead atoms. The molecule has 0 heterocycles. The van der Waals surface area contributed by atoms with E-state index in [1.54, 1.807) is 0 Å². The van der Waals surface area contributed by atoms with E-state index in [-0.39, 0.29) is 67.6 Å². The van der Waals surface area contributed by atoms with Gasteiger partial charge >= 0.3 is 0 Å². The third-order valence-electron chi connectivity index (χ3n) is 3.42. The van der Waals surface area contributed by atoms with Gasteiger partial charge in [-0.15, -0.1) is 0 Å². The fourth-order valence-corrected chi connectivity index (χ4v) is 4.67. The van der Waals surface area contributed by atoms with Gasteiger partial charge in [0.2, 0.25) is 17.7 Å². The second-order valence-corrected chi connectivity index (χ2v) is 10.1. The normalized spacial score (nSPS) is 11.5. The molecular weight excluding hydrogens is 329 g/mol. The minimum absolute atomic E-state index is 0.0274. The SMILES string of the molecule is CNC(=O)CCP(=O)(CCC(=O)NC(C)C)CCC(=O)NC(C)C. The van der Waals surface area contributed by atoms with Crippen molar-refractivity contribution in [2.45, 2.75) is 59.0 Å². The van der Waals surface area contributed by atoms with E-state index in [9.17, 15) is 18.9 Å². The molecule has 7 nitrogen and oxygen atoms in total. The maximum atomic E-state index is 13.1. The predicted molar refractivity (Wildman–Crippen MR) is 96.7 cm³/mol. The molecule has 140 valence electrons. The standard InChI is InChI=1S/C16H32N3O4P/c1-12(2)18-15(21)7-10-24(23,9-6-14(20)17-5)11-8-16(22)19-13(3)4/h12-13H,6-11H2,1-5H3,(H,17,20)(H,18,21)(H,19,22). The Kier molecular flexibility index (Phi) is 10.6. The molecule has 0 saturated carbocycles. The van der Waals surface area contributed by atoms with Crippen LogP contribution in [-0.4, -0.2) is 55.3 Å². The molecule has 0 saturated heterocycles. The van der Waals surface area contributed by atoms with Crippen LogP contribution in [0, 0.1) is 0 Å². The summed E-state index contributed by atoms with van der Waals surface area (Å²) in [7, 11) is -1.24. The zero-order valence-corrected chi connectivity index (χ0v) is 16.4. The first-order valence-corrected chi connectivity index (χ1v) is 10.7. The van der Waals surface area contributed by atoms with Gasteiger partial charge in [0.15, 0.2) is 0 Å². The van der Waals surface area contributed by atoms with Crippen LogP contribution in [0.2, 0.25) is 0 Å². The van der Waals surface area contributed by atoms with E-state index >= 15 is 0 Å². The van der Waals surface area contributed by atoms with Gasteiger partial charge in [-0.05, 0) is 27.7 Å². The average molecular weight is 361 g/mol. The summed E-state index contributed by atoms with van der Waals surface area (Å²) in [6.07, 6.45) is 1.10. The van der Waals surface area contributed by atoms with Gasteiger partial charge in [0, 0.05) is 56.9 Å². The Morgan fingerprint density at radius 1 is 0.750 bits per heavy atom. The van der Waals surface area contributed by atoms with E-state index in [0.717, 1.165) is 0 Å². The number of amides is 3. The summed E-state index contributed by atoms with van der Waals surface area (Å²) in [5.41, 5.74) is 0. The number of carbonyl (C=O) groups is 3. The fraction of sp³-hybridized carbons (Fsp3) is 0.812. The molecule has 3 N–H and O–H groups in total. The Morgan fingerprint density at radius 3 is 1.38 bits per heavy atom. The third kappa shape index (κ3) is 11.2. The van der Waals surface area contributed by atoms with Gasteiger partial charge in [0.25, 0.3) is 0 Å². The van der Waals surface area contributed by atoms with Gasteiger partial charge in [0.1, 0.15) is 0 Å². The van der Waals surface area contributed by atoms with Crippen molar-refractivity contribution in [1.82, 2.24) is 16.0 Å². The first kappa shape index (κ1) is 22.6. The molecule has 0 aliphatic heterocycles. The first-order chi connectivity index (χ1) is 11.1. The maximum absolute atomic E-state index is 13.1. The van der Waals surface area contributed by atoms with Crippen molar-refractivity contribution >= 4 is 24.9 Å². The number of carbonyl (C=O) groups excluding carboxylic acids is 3. The molecular formula is C16H32N3O4P. The summed E-state index contributed by atoms with van der Waals surface area (Å²) >= 11 is 0. The van der Waals surface area contributed by atoms with E-state index in [4.69, 9.17) is 0 Å². The summed E-state index contributed by atoms with van der Waals surface area (Å²) < 4.78 is 13.1. The fourth-order valence-electron chi connectivity index (χ4n) is 2.16. The lowest BCUT2D eigenvalue weighted by atomic mass is 10.3. The summed E-state index contributed by atoms with van der Waals surface area (Å²) in [5, 5.41) is 8.03. The van der Waals surface area contributed by atoms with Crippen LogP contribution in [-0.2, 0) is 18.9 Å². The zero-order valence-electron chi connectivity index (χ0n) is 15.5. The highest BCUT2D eigenvalue weighted by molar-refractivity contribution is 7.64. The van der Waals surface area contributed by atoms with Gasteiger partial charge in [-0.1, -0.05) is 0 Å². The van der Waals surface area contributed by atoms with Crippen LogP contribution < -0.4 is 16.0 Å². The quantitative estimate of drug-likeness (QED) is 0.483. The Labute approximate surface area is 145 Å². The highest BCUT2D eigenvalue weighted by Gasteiger charge is 2.25. The highest BCUT2D eigenvalue weighted by Crippen LogP contribution is 2.47. The van der Waals surface area contributed by atoms with Crippen molar-refractivity contribution in [3.05, 3.63) is 0 Å². The van der Waals surface area contributed by atoms with Crippen LogP contribution in [0.1, 0.15) is 47.0 Å². The highest BCUT2D eigenvalue weighted by atomic mass is 31.2. The smallest absolute Gasteiger partial charge is 0.220 e. The molecule has 0 aromatic carbocycles. The van der Waals surface area contributed by atoms with Crippen LogP contribution >= 0.6 is 7.14 Å². The van der Waals surface area contributed by atoms with E-state index < -0.39 is 7.14 Å². The summed E-state index contributed by atoms with van der Waals surface area (Å²) in [6, 6.07) is 0.0548. The minimum Gasteiger partial charge on any atom is -0.359 e. The van der Waals surface area contributed by atoms with E-state index in [1.165, 1.54) is 7.05 Å². The van der Waals surface area contributed by atoms with E-state index in [2.05, 4.69) is 16.0 Å². The van der Waals surface area contributed by atoms with Crippen LogP contribution in [0.5, 0.6) is 0 Å².